The Morgan fingerprint density at radius 2 is 1.83 bits per heavy atom. The fourth-order valence-corrected chi connectivity index (χ4v) is 2.99. The molecule has 0 radical (unpaired) electrons. The van der Waals surface area contributed by atoms with Crippen LogP contribution in [0.4, 0.5) is 0 Å². The van der Waals surface area contributed by atoms with Crippen molar-refractivity contribution < 1.29 is 8.83 Å². The highest BCUT2D eigenvalue weighted by Crippen LogP contribution is 2.09. The highest BCUT2D eigenvalue weighted by Gasteiger charge is 2.10. The second-order valence-electron chi connectivity index (χ2n) is 5.62. The zero-order valence-corrected chi connectivity index (χ0v) is 14.4. The lowest BCUT2D eigenvalue weighted by Gasteiger charge is -1.91. The van der Waals surface area contributed by atoms with Crippen molar-refractivity contribution in [1.82, 2.24) is 9.97 Å². The first-order valence-corrected chi connectivity index (χ1v) is 8.87. The van der Waals surface area contributed by atoms with E-state index in [1.807, 2.05) is 37.3 Å². The molecule has 0 aliphatic carbocycles. The van der Waals surface area contributed by atoms with Gasteiger partial charge < -0.3 is 8.83 Å². The number of para-hydroxylation sites is 2. The molecular formula is C16H18B2N2O2S. The minimum absolute atomic E-state index is 0.432. The summed E-state index contributed by atoms with van der Waals surface area (Å²) in [5.41, 5.74) is 2.59. The predicted octanol–water partition coefficient (Wildman–Crippen LogP) is 0.440. The van der Waals surface area contributed by atoms with Crippen molar-refractivity contribution in [1.29, 1.82) is 0 Å². The molecule has 2 aromatic heterocycles. The largest absolute Gasteiger partial charge is 0.450 e. The molecule has 0 saturated carbocycles. The number of oxazole rings is 2. The zero-order valence-electron chi connectivity index (χ0n) is 13.6. The Bertz CT molecular complexity index is 885. The van der Waals surface area contributed by atoms with Gasteiger partial charge in [-0.3, -0.25) is 0 Å². The highest BCUT2D eigenvalue weighted by atomic mass is 32.2. The van der Waals surface area contributed by atoms with Crippen LogP contribution in [0.5, 0.6) is 0 Å². The third-order valence-electron chi connectivity index (χ3n) is 3.27. The number of aromatic nitrogens is 2. The number of nitrogens with zero attached hydrogens (tertiary/aromatic N) is 2. The van der Waals surface area contributed by atoms with Gasteiger partial charge in [0.1, 0.15) is 16.3 Å². The maximum atomic E-state index is 5.84. The van der Waals surface area contributed by atoms with Gasteiger partial charge in [-0.05, 0) is 31.1 Å². The van der Waals surface area contributed by atoms with Gasteiger partial charge in [0, 0.05) is 0 Å². The third-order valence-corrected chi connectivity index (χ3v) is 4.17. The Kier molecular flexibility index (Phi) is 4.96. The summed E-state index contributed by atoms with van der Waals surface area (Å²) in [6.07, 6.45) is 4.07. The van der Waals surface area contributed by atoms with E-state index >= 15 is 0 Å². The quantitative estimate of drug-likeness (QED) is 0.638. The second kappa shape index (κ2) is 7.13. The van der Waals surface area contributed by atoms with Crippen LogP contribution in [0.15, 0.2) is 33.1 Å². The van der Waals surface area contributed by atoms with E-state index in [0.29, 0.717) is 19.0 Å². The number of rotatable bonds is 5. The summed E-state index contributed by atoms with van der Waals surface area (Å²) in [6, 6.07) is 7.80. The number of hydrogen-bond donors (Lipinski definition) is 0. The van der Waals surface area contributed by atoms with Crippen molar-refractivity contribution in [3.63, 3.8) is 0 Å². The van der Waals surface area contributed by atoms with Gasteiger partial charge in [0.05, 0.1) is 0 Å². The molecule has 116 valence electrons. The molecule has 0 aliphatic heterocycles. The Labute approximate surface area is 140 Å². The summed E-state index contributed by atoms with van der Waals surface area (Å²) < 4.78 is 11.6. The van der Waals surface area contributed by atoms with Crippen molar-refractivity contribution in [2.24, 2.45) is 5.92 Å². The molecule has 0 fully saturated rings. The van der Waals surface area contributed by atoms with Gasteiger partial charge in [-0.15, -0.1) is 0 Å². The Hall–Kier alpha value is -1.88. The fourth-order valence-electron chi connectivity index (χ4n) is 2.29. The van der Waals surface area contributed by atoms with Crippen LogP contribution in [0, 0.1) is 5.92 Å². The molecule has 7 heteroatoms. The zero-order chi connectivity index (χ0) is 16.2. The number of benzene rings is 1. The topological polar surface area (TPSA) is 52.1 Å². The average Bonchev–Trinajstić information content (AvgIpc) is 3.10. The van der Waals surface area contributed by atoms with Crippen LogP contribution in [0.1, 0.15) is 20.8 Å². The van der Waals surface area contributed by atoms with Crippen molar-refractivity contribution in [3.8, 4) is 0 Å². The van der Waals surface area contributed by atoms with Crippen LogP contribution in [-0.4, -0.2) is 23.1 Å². The minimum atomic E-state index is 0.432. The second-order valence-corrected chi connectivity index (χ2v) is 6.61. The first kappa shape index (κ1) is 16.0. The van der Waals surface area contributed by atoms with E-state index in [4.69, 9.17) is 8.83 Å². The van der Waals surface area contributed by atoms with E-state index in [9.17, 15) is 0 Å². The molecular weight excluding hydrogens is 306 g/mol. The summed E-state index contributed by atoms with van der Waals surface area (Å²) >= 11 is 1.69. The van der Waals surface area contributed by atoms with Crippen LogP contribution in [0.3, 0.4) is 0 Å². The SMILES string of the molecule is C/C=c1/nc(BSBc2nc3ccccc3o2)o/c1=C/C(C)C. The maximum Gasteiger partial charge on any atom is 0.284 e. The molecule has 0 aliphatic rings. The summed E-state index contributed by atoms with van der Waals surface area (Å²) in [6.45, 7) is 7.63. The maximum absolute atomic E-state index is 5.84. The first-order chi connectivity index (χ1) is 11.2. The van der Waals surface area contributed by atoms with Crippen LogP contribution in [-0.2, 0) is 0 Å². The van der Waals surface area contributed by atoms with Crippen molar-refractivity contribution in [2.75, 3.05) is 0 Å². The van der Waals surface area contributed by atoms with Crippen molar-refractivity contribution >= 4 is 59.4 Å². The molecule has 0 spiro atoms. The third kappa shape index (κ3) is 3.91. The van der Waals surface area contributed by atoms with E-state index in [0.717, 1.165) is 33.4 Å². The fraction of sp³-hybridized carbons (Fsp3) is 0.250. The van der Waals surface area contributed by atoms with Crippen LogP contribution in [0.25, 0.3) is 23.3 Å². The van der Waals surface area contributed by atoms with Crippen molar-refractivity contribution in [2.45, 2.75) is 20.8 Å². The van der Waals surface area contributed by atoms with Gasteiger partial charge in [-0.25, -0.2) is 21.4 Å². The van der Waals surface area contributed by atoms with E-state index in [1.165, 1.54) is 0 Å². The first-order valence-electron chi connectivity index (χ1n) is 7.72. The van der Waals surface area contributed by atoms with Gasteiger partial charge in [0.15, 0.2) is 17.2 Å². The molecule has 0 atom stereocenters. The van der Waals surface area contributed by atoms with Gasteiger partial charge >= 0.3 is 0 Å². The van der Waals surface area contributed by atoms with Gasteiger partial charge in [-0.2, -0.15) is 0 Å². The van der Waals surface area contributed by atoms with Gasteiger partial charge in [0.2, 0.25) is 0 Å². The lowest BCUT2D eigenvalue weighted by Crippen LogP contribution is -2.23. The number of hydrogen-bond acceptors (Lipinski definition) is 5. The smallest absolute Gasteiger partial charge is 0.284 e. The molecule has 3 aromatic rings. The molecule has 2 heterocycles. The van der Waals surface area contributed by atoms with E-state index < -0.39 is 0 Å². The molecule has 0 bridgehead atoms. The summed E-state index contributed by atoms with van der Waals surface area (Å²) in [7, 11) is 0. The van der Waals surface area contributed by atoms with Crippen molar-refractivity contribution in [3.05, 3.63) is 35.0 Å². The lowest BCUT2D eigenvalue weighted by molar-refractivity contribution is 0.554. The van der Waals surface area contributed by atoms with E-state index in [-0.39, 0.29) is 0 Å². The minimum Gasteiger partial charge on any atom is -0.450 e. The monoisotopic (exact) mass is 324 g/mol. The van der Waals surface area contributed by atoms with Crippen LogP contribution < -0.4 is 22.3 Å². The van der Waals surface area contributed by atoms with Gasteiger partial charge in [0.25, 0.3) is 13.1 Å². The molecule has 1 aromatic carbocycles. The Morgan fingerprint density at radius 3 is 2.52 bits per heavy atom. The molecule has 0 saturated heterocycles. The Balaban J connectivity index is 1.68. The van der Waals surface area contributed by atoms with Crippen LogP contribution in [0.2, 0.25) is 0 Å². The standard InChI is InChI=1S/C16H18B2N2O2S/c1-4-11-14(9-10(2)3)22-15(19-11)17-23-18-16-20-12-7-5-6-8-13(12)21-16/h4-10,17-18H,1-3H3/b11-4+,14-9+. The van der Waals surface area contributed by atoms with E-state index in [2.05, 4.69) is 29.9 Å². The lowest BCUT2D eigenvalue weighted by atomic mass is 10.1. The van der Waals surface area contributed by atoms with E-state index in [1.54, 1.807) is 11.5 Å². The van der Waals surface area contributed by atoms with Gasteiger partial charge in [-0.1, -0.05) is 32.1 Å². The summed E-state index contributed by atoms with van der Waals surface area (Å²) in [5.74, 6) is 1.91. The molecule has 0 unspecified atom stereocenters. The molecule has 0 N–H and O–H groups in total. The summed E-state index contributed by atoms with van der Waals surface area (Å²) in [5, 5.41) is 0.913. The highest BCUT2D eigenvalue weighted by molar-refractivity contribution is 8.42. The average molecular weight is 324 g/mol. The molecule has 23 heavy (non-hydrogen) atoms. The molecule has 0 amide bonds. The number of fused-ring (bicyclic) bond motifs is 1. The Morgan fingerprint density at radius 1 is 1.09 bits per heavy atom. The van der Waals surface area contributed by atoms with Crippen LogP contribution >= 0.6 is 11.5 Å². The predicted molar refractivity (Wildman–Crippen MR) is 100 cm³/mol. The summed E-state index contributed by atoms with van der Waals surface area (Å²) in [4.78, 5) is 9.00. The normalized spacial score (nSPS) is 13.2. The molecule has 4 nitrogen and oxygen atoms in total. The molecule has 3 rings (SSSR count).